The lowest BCUT2D eigenvalue weighted by Gasteiger charge is -2.39. The van der Waals surface area contributed by atoms with Gasteiger partial charge in [-0.2, -0.15) is 9.97 Å². The smallest absolute Gasteiger partial charge is 0.318 e. The second-order valence-corrected chi connectivity index (χ2v) is 12.4. The Hall–Kier alpha value is -2.18. The summed E-state index contributed by atoms with van der Waals surface area (Å²) in [6.07, 6.45) is 10.8. The molecule has 6 nitrogen and oxygen atoms in total. The standard InChI is InChI=1S/C30H41N5O/c1-20(2)35-15-5-7-24(35)19-36-29-32-27-16-30(13-11-21-6-3-4-8-26(21)30)14-12-25(27)28(33-29)34-17-22-9-10-23(18-34)31-22/h3-4,6,8,20,22-24,31H,5,7,9-19H2,1-2H3/t22?,23?,24-,30?/m0/s1. The maximum Gasteiger partial charge on any atom is 0.318 e. The number of hydrogen-bond acceptors (Lipinski definition) is 6. The summed E-state index contributed by atoms with van der Waals surface area (Å²) in [5.74, 6) is 1.17. The van der Waals surface area contributed by atoms with Crippen molar-refractivity contribution in [2.24, 2.45) is 0 Å². The second kappa shape index (κ2) is 8.98. The van der Waals surface area contributed by atoms with Crippen molar-refractivity contribution < 1.29 is 4.74 Å². The number of nitrogens with zero attached hydrogens (tertiary/aromatic N) is 4. The SMILES string of the molecule is CC(C)N1CCC[C@H]1COc1nc2c(c(N3CC4CCC(C3)N4)n1)CCC1(CCc3ccccc31)C2. The van der Waals surface area contributed by atoms with Gasteiger partial charge in [0.05, 0.1) is 5.69 Å². The normalized spacial score (nSPS) is 31.3. The molecular weight excluding hydrogens is 446 g/mol. The quantitative estimate of drug-likeness (QED) is 0.687. The Labute approximate surface area is 215 Å². The molecule has 1 spiro atoms. The summed E-state index contributed by atoms with van der Waals surface area (Å²) >= 11 is 0. The molecule has 3 aliphatic heterocycles. The molecule has 0 radical (unpaired) electrons. The van der Waals surface area contributed by atoms with Gasteiger partial charge in [-0.15, -0.1) is 0 Å². The highest BCUT2D eigenvalue weighted by atomic mass is 16.5. The highest BCUT2D eigenvalue weighted by molar-refractivity contribution is 5.54. The number of rotatable bonds is 5. The Morgan fingerprint density at radius 2 is 1.86 bits per heavy atom. The van der Waals surface area contributed by atoms with Gasteiger partial charge in [0, 0.05) is 48.2 Å². The number of ether oxygens (including phenoxy) is 1. The zero-order valence-corrected chi connectivity index (χ0v) is 22.0. The molecule has 2 bridgehead atoms. The van der Waals surface area contributed by atoms with Gasteiger partial charge in [0.1, 0.15) is 12.4 Å². The highest BCUT2D eigenvalue weighted by Gasteiger charge is 2.43. The van der Waals surface area contributed by atoms with E-state index in [0.717, 1.165) is 25.9 Å². The monoisotopic (exact) mass is 487 g/mol. The molecule has 4 atom stereocenters. The van der Waals surface area contributed by atoms with Crippen LogP contribution in [-0.4, -0.2) is 65.3 Å². The zero-order chi connectivity index (χ0) is 24.3. The molecule has 1 aromatic heterocycles. The van der Waals surface area contributed by atoms with Crippen molar-refractivity contribution in [3.05, 3.63) is 46.6 Å². The van der Waals surface area contributed by atoms with E-state index in [1.807, 2.05) is 0 Å². The van der Waals surface area contributed by atoms with Crippen LogP contribution in [0.5, 0.6) is 6.01 Å². The van der Waals surface area contributed by atoms with Gasteiger partial charge < -0.3 is 15.0 Å². The second-order valence-electron chi connectivity index (χ2n) is 12.4. The summed E-state index contributed by atoms with van der Waals surface area (Å²) in [6.45, 7) is 8.56. The van der Waals surface area contributed by atoms with Crippen LogP contribution in [0.15, 0.2) is 24.3 Å². The van der Waals surface area contributed by atoms with Crippen LogP contribution in [0.4, 0.5) is 5.82 Å². The summed E-state index contributed by atoms with van der Waals surface area (Å²) in [6, 6.07) is 11.9. The third kappa shape index (κ3) is 3.92. The van der Waals surface area contributed by atoms with E-state index in [1.54, 1.807) is 11.1 Å². The minimum Gasteiger partial charge on any atom is -0.462 e. The van der Waals surface area contributed by atoms with Crippen LogP contribution in [0.25, 0.3) is 0 Å². The molecule has 0 saturated carbocycles. The maximum absolute atomic E-state index is 6.45. The lowest BCUT2D eigenvalue weighted by molar-refractivity contribution is 0.138. The van der Waals surface area contributed by atoms with E-state index in [1.165, 1.54) is 68.6 Å². The van der Waals surface area contributed by atoms with Crippen LogP contribution < -0.4 is 15.0 Å². The number of aromatic nitrogens is 2. The van der Waals surface area contributed by atoms with Gasteiger partial charge in [-0.25, -0.2) is 0 Å². The first kappa shape index (κ1) is 23.0. The molecule has 4 heterocycles. The molecule has 3 unspecified atom stereocenters. The van der Waals surface area contributed by atoms with E-state index in [-0.39, 0.29) is 5.41 Å². The fourth-order valence-corrected chi connectivity index (χ4v) is 8.06. The highest BCUT2D eigenvalue weighted by Crippen LogP contribution is 2.48. The van der Waals surface area contributed by atoms with Crippen LogP contribution in [0, 0.1) is 0 Å². The average Bonchev–Trinajstić information content (AvgIpc) is 3.60. The number of nitrogens with one attached hydrogen (secondary N) is 1. The molecule has 2 aliphatic carbocycles. The van der Waals surface area contributed by atoms with Gasteiger partial charge in [0.2, 0.25) is 0 Å². The Kier molecular flexibility index (Phi) is 5.73. The number of likely N-dealkylation sites (tertiary alicyclic amines) is 1. The molecule has 3 fully saturated rings. The largest absolute Gasteiger partial charge is 0.462 e. The van der Waals surface area contributed by atoms with Gasteiger partial charge in [0.25, 0.3) is 0 Å². The van der Waals surface area contributed by atoms with E-state index >= 15 is 0 Å². The van der Waals surface area contributed by atoms with E-state index < -0.39 is 0 Å². The van der Waals surface area contributed by atoms with Crippen LogP contribution in [0.1, 0.15) is 74.8 Å². The predicted molar refractivity (Wildman–Crippen MR) is 143 cm³/mol. The Morgan fingerprint density at radius 3 is 2.69 bits per heavy atom. The summed E-state index contributed by atoms with van der Waals surface area (Å²) in [5, 5.41) is 3.79. The topological polar surface area (TPSA) is 53.5 Å². The van der Waals surface area contributed by atoms with E-state index in [9.17, 15) is 0 Å². The summed E-state index contributed by atoms with van der Waals surface area (Å²) in [4.78, 5) is 15.4. The predicted octanol–water partition coefficient (Wildman–Crippen LogP) is 4.04. The molecule has 192 valence electrons. The van der Waals surface area contributed by atoms with Gasteiger partial charge in [-0.3, -0.25) is 4.90 Å². The van der Waals surface area contributed by atoms with Crippen molar-refractivity contribution in [1.82, 2.24) is 20.2 Å². The maximum atomic E-state index is 6.45. The first-order chi connectivity index (χ1) is 17.6. The number of fused-ring (bicyclic) bond motifs is 5. The molecule has 5 aliphatic rings. The van der Waals surface area contributed by atoms with Gasteiger partial charge in [0.15, 0.2) is 0 Å². The first-order valence-corrected chi connectivity index (χ1v) is 14.5. The van der Waals surface area contributed by atoms with E-state index in [4.69, 9.17) is 14.7 Å². The minimum atomic E-state index is 0.231. The Bertz CT molecular complexity index is 1120. The van der Waals surface area contributed by atoms with E-state index in [2.05, 4.69) is 53.2 Å². The third-order valence-corrected chi connectivity index (χ3v) is 9.88. The van der Waals surface area contributed by atoms with Gasteiger partial charge in [-0.05, 0) is 89.3 Å². The number of hydrogen-bond donors (Lipinski definition) is 1. The molecule has 7 rings (SSSR count). The molecule has 1 N–H and O–H groups in total. The van der Waals surface area contributed by atoms with Gasteiger partial charge >= 0.3 is 6.01 Å². The van der Waals surface area contributed by atoms with Gasteiger partial charge in [-0.1, -0.05) is 24.3 Å². The van der Waals surface area contributed by atoms with Crippen molar-refractivity contribution in [3.63, 3.8) is 0 Å². The molecular formula is C30H41N5O. The third-order valence-electron chi connectivity index (χ3n) is 9.88. The number of piperazine rings is 1. The number of aryl methyl sites for hydroxylation is 1. The molecule has 6 heteroatoms. The van der Waals surface area contributed by atoms with Crippen molar-refractivity contribution in [2.75, 3.05) is 31.1 Å². The van der Waals surface area contributed by atoms with Crippen molar-refractivity contribution in [2.45, 2.75) is 101 Å². The molecule has 2 aromatic rings. The minimum absolute atomic E-state index is 0.231. The van der Waals surface area contributed by atoms with Crippen LogP contribution in [0.3, 0.4) is 0 Å². The molecule has 1 aromatic carbocycles. The Morgan fingerprint density at radius 1 is 1.06 bits per heavy atom. The number of anilines is 1. The van der Waals surface area contributed by atoms with Crippen LogP contribution in [-0.2, 0) is 24.7 Å². The van der Waals surface area contributed by atoms with E-state index in [0.29, 0.717) is 36.8 Å². The lowest BCUT2D eigenvalue weighted by Crippen LogP contribution is -2.52. The molecule has 3 saturated heterocycles. The van der Waals surface area contributed by atoms with Crippen molar-refractivity contribution in [3.8, 4) is 6.01 Å². The Balaban J connectivity index is 1.21. The molecule has 36 heavy (non-hydrogen) atoms. The van der Waals surface area contributed by atoms with Crippen LogP contribution >= 0.6 is 0 Å². The average molecular weight is 488 g/mol. The van der Waals surface area contributed by atoms with Crippen LogP contribution in [0.2, 0.25) is 0 Å². The molecule has 0 amide bonds. The summed E-state index contributed by atoms with van der Waals surface area (Å²) < 4.78 is 6.45. The fourth-order valence-electron chi connectivity index (χ4n) is 8.06. The van der Waals surface area contributed by atoms with Crippen molar-refractivity contribution in [1.29, 1.82) is 0 Å². The lowest BCUT2D eigenvalue weighted by atomic mass is 9.69. The summed E-state index contributed by atoms with van der Waals surface area (Å²) in [7, 11) is 0. The first-order valence-electron chi connectivity index (χ1n) is 14.5. The fraction of sp³-hybridized carbons (Fsp3) is 0.667. The van der Waals surface area contributed by atoms with Crippen molar-refractivity contribution >= 4 is 5.82 Å². The zero-order valence-electron chi connectivity index (χ0n) is 22.0. The summed E-state index contributed by atoms with van der Waals surface area (Å²) in [5.41, 5.74) is 5.98. The number of benzene rings is 1.